The summed E-state index contributed by atoms with van der Waals surface area (Å²) in [7, 11) is 0. The SMILES string of the molecule is CCC1(C)Cc2ccccc2-c2nc(NNC(=O)Cc3ccccc3)[nH]c(=O)c21. The molecule has 1 aliphatic rings. The number of aromatic amines is 1. The topological polar surface area (TPSA) is 86.9 Å². The number of carbonyl (C=O) groups excluding carboxylic acids is 1. The van der Waals surface area contributed by atoms with Crippen molar-refractivity contribution in [3.63, 3.8) is 0 Å². The van der Waals surface area contributed by atoms with Crippen LogP contribution in [0.5, 0.6) is 0 Å². The van der Waals surface area contributed by atoms with Crippen LogP contribution in [0.25, 0.3) is 11.3 Å². The van der Waals surface area contributed by atoms with Gasteiger partial charge in [-0.05, 0) is 24.0 Å². The van der Waals surface area contributed by atoms with Crippen molar-refractivity contribution < 1.29 is 4.79 Å². The number of benzene rings is 2. The van der Waals surface area contributed by atoms with Crippen molar-refractivity contribution in [1.82, 2.24) is 15.4 Å². The molecule has 0 bridgehead atoms. The molecule has 0 aliphatic heterocycles. The van der Waals surface area contributed by atoms with Crippen molar-refractivity contribution in [2.24, 2.45) is 0 Å². The van der Waals surface area contributed by atoms with E-state index in [0.717, 1.165) is 24.0 Å². The van der Waals surface area contributed by atoms with Crippen LogP contribution >= 0.6 is 0 Å². The van der Waals surface area contributed by atoms with E-state index in [9.17, 15) is 9.59 Å². The van der Waals surface area contributed by atoms with E-state index in [0.29, 0.717) is 11.3 Å². The van der Waals surface area contributed by atoms with Crippen molar-refractivity contribution in [2.75, 3.05) is 5.43 Å². The smallest absolute Gasteiger partial charge is 0.256 e. The molecule has 1 aliphatic carbocycles. The lowest BCUT2D eigenvalue weighted by Crippen LogP contribution is -2.38. The Hall–Kier alpha value is -3.41. The van der Waals surface area contributed by atoms with Gasteiger partial charge in [0.15, 0.2) is 0 Å². The predicted molar refractivity (Wildman–Crippen MR) is 114 cm³/mol. The van der Waals surface area contributed by atoms with Crippen LogP contribution < -0.4 is 16.4 Å². The van der Waals surface area contributed by atoms with Crippen LogP contribution in [0.1, 0.15) is 37.0 Å². The van der Waals surface area contributed by atoms with Gasteiger partial charge >= 0.3 is 0 Å². The van der Waals surface area contributed by atoms with Crippen LogP contribution in [0.2, 0.25) is 0 Å². The number of rotatable bonds is 5. The molecule has 6 nitrogen and oxygen atoms in total. The number of amides is 1. The predicted octanol–water partition coefficient (Wildman–Crippen LogP) is 3.35. The molecule has 6 heteroatoms. The Morgan fingerprint density at radius 2 is 1.86 bits per heavy atom. The molecule has 3 aromatic rings. The summed E-state index contributed by atoms with van der Waals surface area (Å²) < 4.78 is 0. The average Bonchev–Trinajstić information content (AvgIpc) is 2.73. The molecule has 1 atom stereocenters. The Labute approximate surface area is 169 Å². The highest BCUT2D eigenvalue weighted by Gasteiger charge is 2.37. The molecular weight excluding hydrogens is 364 g/mol. The lowest BCUT2D eigenvalue weighted by atomic mass is 9.69. The molecule has 0 radical (unpaired) electrons. The highest BCUT2D eigenvalue weighted by molar-refractivity contribution is 5.79. The Balaban J connectivity index is 1.62. The maximum atomic E-state index is 13.0. The molecule has 1 aromatic heterocycles. The van der Waals surface area contributed by atoms with E-state index in [4.69, 9.17) is 0 Å². The highest BCUT2D eigenvalue weighted by atomic mass is 16.2. The molecule has 0 spiro atoms. The summed E-state index contributed by atoms with van der Waals surface area (Å²) in [5.74, 6) is 0.0145. The van der Waals surface area contributed by atoms with Gasteiger partial charge in [-0.25, -0.2) is 4.98 Å². The minimum atomic E-state index is -0.278. The Bertz CT molecular complexity index is 1110. The van der Waals surface area contributed by atoms with Crippen molar-refractivity contribution in [2.45, 2.75) is 38.5 Å². The summed E-state index contributed by atoms with van der Waals surface area (Å²) in [5, 5.41) is 0. The van der Waals surface area contributed by atoms with Crippen molar-refractivity contribution in [1.29, 1.82) is 0 Å². The number of nitrogens with one attached hydrogen (secondary N) is 3. The number of anilines is 1. The van der Waals surface area contributed by atoms with E-state index >= 15 is 0 Å². The van der Waals surface area contributed by atoms with Gasteiger partial charge in [0.05, 0.1) is 12.1 Å². The third-order valence-electron chi connectivity index (χ3n) is 5.68. The van der Waals surface area contributed by atoms with Gasteiger partial charge in [0.1, 0.15) is 0 Å². The second kappa shape index (κ2) is 7.54. The molecule has 1 heterocycles. The molecule has 0 saturated carbocycles. The number of aromatic nitrogens is 2. The summed E-state index contributed by atoms with van der Waals surface area (Å²) in [4.78, 5) is 32.6. The van der Waals surface area contributed by atoms with Gasteiger partial charge < -0.3 is 0 Å². The molecule has 1 amide bonds. The normalized spacial score (nSPS) is 17.2. The number of nitrogens with zero attached hydrogens (tertiary/aromatic N) is 1. The fraction of sp³-hybridized carbons (Fsp3) is 0.261. The van der Waals surface area contributed by atoms with Crippen LogP contribution in [0.3, 0.4) is 0 Å². The second-order valence-corrected chi connectivity index (χ2v) is 7.72. The molecule has 3 N–H and O–H groups in total. The van der Waals surface area contributed by atoms with Crippen molar-refractivity contribution in [3.05, 3.63) is 81.6 Å². The maximum Gasteiger partial charge on any atom is 0.256 e. The van der Waals surface area contributed by atoms with E-state index in [-0.39, 0.29) is 29.3 Å². The average molecular weight is 388 g/mol. The van der Waals surface area contributed by atoms with Gasteiger partial charge in [0, 0.05) is 16.5 Å². The van der Waals surface area contributed by atoms with Gasteiger partial charge in [-0.15, -0.1) is 0 Å². The van der Waals surface area contributed by atoms with Crippen LogP contribution in [-0.2, 0) is 23.1 Å². The van der Waals surface area contributed by atoms with Crippen molar-refractivity contribution >= 4 is 11.9 Å². The first-order valence-electron chi connectivity index (χ1n) is 9.82. The first kappa shape index (κ1) is 18.9. The van der Waals surface area contributed by atoms with E-state index < -0.39 is 0 Å². The van der Waals surface area contributed by atoms with Crippen LogP contribution in [-0.4, -0.2) is 15.9 Å². The number of hydrogen-bond acceptors (Lipinski definition) is 4. The largest absolute Gasteiger partial charge is 0.291 e. The zero-order valence-electron chi connectivity index (χ0n) is 16.6. The van der Waals surface area contributed by atoms with E-state index in [1.165, 1.54) is 5.56 Å². The Morgan fingerprint density at radius 1 is 1.14 bits per heavy atom. The molecule has 148 valence electrons. The first-order valence-corrected chi connectivity index (χ1v) is 9.82. The highest BCUT2D eigenvalue weighted by Crippen LogP contribution is 2.42. The summed E-state index contributed by atoms with van der Waals surface area (Å²) in [6.07, 6.45) is 1.87. The summed E-state index contributed by atoms with van der Waals surface area (Å²) in [6.45, 7) is 4.19. The van der Waals surface area contributed by atoms with Crippen LogP contribution in [0, 0.1) is 0 Å². The zero-order chi connectivity index (χ0) is 20.4. The lowest BCUT2D eigenvalue weighted by molar-refractivity contribution is -0.119. The number of H-pyrrole nitrogens is 1. The molecule has 29 heavy (non-hydrogen) atoms. The third-order valence-corrected chi connectivity index (χ3v) is 5.68. The maximum absolute atomic E-state index is 13.0. The number of carbonyl (C=O) groups is 1. The fourth-order valence-electron chi connectivity index (χ4n) is 3.96. The standard InChI is InChI=1S/C23H24N4O2/c1-3-23(2)14-16-11-7-8-12-17(16)20-19(23)21(29)25-22(24-20)27-26-18(28)13-15-9-5-4-6-10-15/h4-12H,3,13-14H2,1-2H3,(H,26,28)(H2,24,25,27,29). The molecule has 2 aromatic carbocycles. The number of hydrazine groups is 1. The fourth-order valence-corrected chi connectivity index (χ4v) is 3.96. The third kappa shape index (κ3) is 3.66. The number of fused-ring (bicyclic) bond motifs is 3. The minimum absolute atomic E-state index is 0.173. The van der Waals surface area contributed by atoms with E-state index in [1.54, 1.807) is 0 Å². The summed E-state index contributed by atoms with van der Waals surface area (Å²) in [5.41, 5.74) is 9.38. The molecule has 0 fully saturated rings. The monoisotopic (exact) mass is 388 g/mol. The van der Waals surface area contributed by atoms with Crippen molar-refractivity contribution in [3.8, 4) is 11.3 Å². The minimum Gasteiger partial charge on any atom is -0.291 e. The summed E-state index contributed by atoms with van der Waals surface area (Å²) in [6, 6.07) is 17.5. The lowest BCUT2D eigenvalue weighted by Gasteiger charge is -2.35. The van der Waals surface area contributed by atoms with Gasteiger partial charge in [-0.1, -0.05) is 68.4 Å². The summed E-state index contributed by atoms with van der Waals surface area (Å²) >= 11 is 0. The molecule has 1 unspecified atom stereocenters. The second-order valence-electron chi connectivity index (χ2n) is 7.72. The number of hydrogen-bond donors (Lipinski definition) is 3. The Morgan fingerprint density at radius 3 is 2.62 bits per heavy atom. The van der Waals surface area contributed by atoms with E-state index in [1.807, 2.05) is 48.5 Å². The zero-order valence-corrected chi connectivity index (χ0v) is 16.6. The van der Waals surface area contributed by atoms with Gasteiger partial charge in [-0.2, -0.15) is 0 Å². The quantitative estimate of drug-likeness (QED) is 0.585. The van der Waals surface area contributed by atoms with Gasteiger partial charge in [0.25, 0.3) is 5.56 Å². The Kier molecular flexibility index (Phi) is 4.92. The van der Waals surface area contributed by atoms with E-state index in [2.05, 4.69) is 40.7 Å². The van der Waals surface area contributed by atoms with Crippen LogP contribution in [0.15, 0.2) is 59.4 Å². The first-order chi connectivity index (χ1) is 14.0. The van der Waals surface area contributed by atoms with Gasteiger partial charge in [0.2, 0.25) is 11.9 Å². The molecule has 4 rings (SSSR count). The molecule has 0 saturated heterocycles. The molecular formula is C23H24N4O2. The van der Waals surface area contributed by atoms with Crippen LogP contribution in [0.4, 0.5) is 5.95 Å². The van der Waals surface area contributed by atoms with Gasteiger partial charge in [-0.3, -0.25) is 25.4 Å².